The number of amides is 1. The fourth-order valence-electron chi connectivity index (χ4n) is 3.59. The second-order valence-electron chi connectivity index (χ2n) is 7.76. The summed E-state index contributed by atoms with van der Waals surface area (Å²) in [5.74, 6) is -0.195. The molecule has 0 unspecified atom stereocenters. The Morgan fingerprint density at radius 2 is 1.97 bits per heavy atom. The van der Waals surface area contributed by atoms with Crippen molar-refractivity contribution in [3.63, 3.8) is 0 Å². The number of nitrogens with zero attached hydrogens (tertiary/aromatic N) is 4. The minimum atomic E-state index is -4.55. The minimum Gasteiger partial charge on any atom is -0.402 e. The highest BCUT2D eigenvalue weighted by Crippen LogP contribution is 2.53. The van der Waals surface area contributed by atoms with Crippen molar-refractivity contribution < 1.29 is 22.4 Å². The fraction of sp³-hybridized carbons (Fsp3) is 0.556. The zero-order chi connectivity index (χ0) is 20.8. The first kappa shape index (κ1) is 19.5. The van der Waals surface area contributed by atoms with Crippen LogP contribution in [0.4, 0.5) is 24.9 Å². The maximum absolute atomic E-state index is 12.7. The fourth-order valence-corrected chi connectivity index (χ4v) is 3.59. The van der Waals surface area contributed by atoms with Gasteiger partial charge in [-0.1, -0.05) is 5.10 Å². The first-order valence-corrected chi connectivity index (χ1v) is 9.39. The van der Waals surface area contributed by atoms with Gasteiger partial charge in [-0.05, 0) is 44.1 Å². The molecule has 2 fully saturated rings. The second kappa shape index (κ2) is 6.89. The van der Waals surface area contributed by atoms with Crippen molar-refractivity contribution >= 4 is 17.6 Å². The second-order valence-corrected chi connectivity index (χ2v) is 7.76. The molecule has 2 aromatic rings. The van der Waals surface area contributed by atoms with E-state index in [0.717, 1.165) is 32.0 Å². The van der Waals surface area contributed by atoms with E-state index in [1.165, 1.54) is 12.8 Å². The van der Waals surface area contributed by atoms with Gasteiger partial charge in [0.15, 0.2) is 5.69 Å². The predicted octanol–water partition coefficient (Wildman–Crippen LogP) is 2.94. The molecule has 1 amide bonds. The number of halogens is 3. The van der Waals surface area contributed by atoms with Gasteiger partial charge in [0.25, 0.3) is 5.89 Å². The molecule has 29 heavy (non-hydrogen) atoms. The Morgan fingerprint density at radius 3 is 2.55 bits per heavy atom. The summed E-state index contributed by atoms with van der Waals surface area (Å²) in [5.41, 5.74) is 4.88. The van der Waals surface area contributed by atoms with Gasteiger partial charge in [-0.25, -0.2) is 4.98 Å². The molecule has 1 aliphatic heterocycles. The zero-order valence-electron chi connectivity index (χ0n) is 15.8. The topological polar surface area (TPSA) is 110 Å². The molecular formula is C18H21F3N6O2. The van der Waals surface area contributed by atoms with E-state index in [0.29, 0.717) is 11.6 Å². The molecular weight excluding hydrogens is 389 g/mol. The number of aromatic nitrogens is 3. The Hall–Kier alpha value is -2.85. The highest BCUT2D eigenvalue weighted by Gasteiger charge is 2.45. The first-order chi connectivity index (χ1) is 13.7. The highest BCUT2D eigenvalue weighted by molar-refractivity contribution is 5.83. The van der Waals surface area contributed by atoms with E-state index in [2.05, 4.69) is 20.5 Å². The van der Waals surface area contributed by atoms with Crippen molar-refractivity contribution in [3.05, 3.63) is 17.8 Å². The predicted molar refractivity (Wildman–Crippen MR) is 97.5 cm³/mol. The molecule has 0 bridgehead atoms. The lowest BCUT2D eigenvalue weighted by Crippen LogP contribution is -2.45. The summed E-state index contributed by atoms with van der Waals surface area (Å²) in [6, 6.07) is 0.140. The summed E-state index contributed by atoms with van der Waals surface area (Å²) in [6.07, 6.45) is 0.691. The SMILES string of the molecule is C[C@@H](Nc1nnc(-c2ncc(C(F)(F)F)cc2N)o1)C(=O)N1CCC2(CC1)CC2. The quantitative estimate of drug-likeness (QED) is 0.797. The van der Waals surface area contributed by atoms with E-state index >= 15 is 0 Å². The number of piperidine rings is 1. The number of hydrogen-bond donors (Lipinski definition) is 2. The van der Waals surface area contributed by atoms with E-state index in [1.807, 2.05) is 4.90 Å². The van der Waals surface area contributed by atoms with Gasteiger partial charge in [-0.15, -0.1) is 5.10 Å². The molecule has 3 N–H and O–H groups in total. The number of nitrogens with one attached hydrogen (secondary N) is 1. The van der Waals surface area contributed by atoms with Crippen LogP contribution in [0.3, 0.4) is 0 Å². The van der Waals surface area contributed by atoms with Crippen molar-refractivity contribution in [2.75, 3.05) is 24.1 Å². The van der Waals surface area contributed by atoms with E-state index in [4.69, 9.17) is 10.2 Å². The molecule has 0 radical (unpaired) electrons. The van der Waals surface area contributed by atoms with Crippen LogP contribution in [0.25, 0.3) is 11.6 Å². The lowest BCUT2D eigenvalue weighted by atomic mass is 9.93. The van der Waals surface area contributed by atoms with Gasteiger partial charge in [0, 0.05) is 19.3 Å². The average Bonchev–Trinajstić information content (AvgIpc) is 3.26. The Kier molecular flexibility index (Phi) is 4.62. The summed E-state index contributed by atoms with van der Waals surface area (Å²) >= 11 is 0. The number of nitrogen functional groups attached to an aromatic ring is 1. The third-order valence-electron chi connectivity index (χ3n) is 5.68. The Bertz CT molecular complexity index is 915. The van der Waals surface area contributed by atoms with Crippen molar-refractivity contribution in [2.45, 2.75) is 44.8 Å². The van der Waals surface area contributed by atoms with Gasteiger partial charge in [0.1, 0.15) is 6.04 Å². The number of carbonyl (C=O) groups is 1. The van der Waals surface area contributed by atoms with Gasteiger partial charge in [-0.2, -0.15) is 13.2 Å². The largest absolute Gasteiger partial charge is 0.417 e. The van der Waals surface area contributed by atoms with Crippen LogP contribution in [-0.4, -0.2) is 45.1 Å². The lowest BCUT2D eigenvalue weighted by Gasteiger charge is -2.33. The van der Waals surface area contributed by atoms with Crippen LogP contribution in [-0.2, 0) is 11.0 Å². The monoisotopic (exact) mass is 410 g/mol. The smallest absolute Gasteiger partial charge is 0.402 e. The standard InChI is InChI=1S/C18H21F3N6O2/c1-10(15(28)27-6-4-17(2-3-17)5-7-27)24-16-26-25-14(29-16)13-12(22)8-11(9-23-13)18(19,20)21/h8-10H,2-7,22H2,1H3,(H,24,26)/t10-/m1/s1. The maximum Gasteiger partial charge on any atom is 0.417 e. The Balaban J connectivity index is 1.40. The third-order valence-corrected chi connectivity index (χ3v) is 5.68. The molecule has 8 nitrogen and oxygen atoms in total. The van der Waals surface area contributed by atoms with Crippen LogP contribution in [0.2, 0.25) is 0 Å². The number of nitrogens with two attached hydrogens (primary N) is 1. The highest BCUT2D eigenvalue weighted by atomic mass is 19.4. The van der Waals surface area contributed by atoms with Gasteiger partial charge in [0.2, 0.25) is 5.91 Å². The molecule has 2 aromatic heterocycles. The number of pyridine rings is 1. The van der Waals surface area contributed by atoms with Gasteiger partial charge >= 0.3 is 12.2 Å². The van der Waals surface area contributed by atoms with Crippen LogP contribution in [0, 0.1) is 5.41 Å². The number of anilines is 2. The van der Waals surface area contributed by atoms with Crippen LogP contribution >= 0.6 is 0 Å². The Labute approximate surface area is 164 Å². The molecule has 2 aliphatic rings. The number of alkyl halides is 3. The van der Waals surface area contributed by atoms with Gasteiger partial charge in [-0.3, -0.25) is 4.79 Å². The summed E-state index contributed by atoms with van der Waals surface area (Å²) < 4.78 is 43.6. The van der Waals surface area contributed by atoms with Gasteiger partial charge < -0.3 is 20.4 Å². The zero-order valence-corrected chi connectivity index (χ0v) is 15.8. The third kappa shape index (κ3) is 3.99. The van der Waals surface area contributed by atoms with E-state index in [9.17, 15) is 18.0 Å². The molecule has 4 rings (SSSR count). The number of rotatable bonds is 4. The minimum absolute atomic E-state index is 0.0300. The van der Waals surface area contributed by atoms with Crippen LogP contribution in [0.1, 0.15) is 38.2 Å². The van der Waals surface area contributed by atoms with Crippen LogP contribution in [0.15, 0.2) is 16.7 Å². The molecule has 1 spiro atoms. The molecule has 156 valence electrons. The number of likely N-dealkylation sites (tertiary alicyclic amines) is 1. The summed E-state index contributed by atoms with van der Waals surface area (Å²) in [4.78, 5) is 18.1. The molecule has 1 saturated heterocycles. The summed E-state index contributed by atoms with van der Waals surface area (Å²) in [7, 11) is 0. The van der Waals surface area contributed by atoms with E-state index in [-0.39, 0.29) is 29.2 Å². The summed E-state index contributed by atoms with van der Waals surface area (Å²) in [5, 5.41) is 10.4. The number of hydrogen-bond acceptors (Lipinski definition) is 7. The molecule has 1 aliphatic carbocycles. The van der Waals surface area contributed by atoms with Crippen LogP contribution in [0.5, 0.6) is 0 Å². The normalized spacial score (nSPS) is 19.2. The van der Waals surface area contributed by atoms with Crippen molar-refractivity contribution in [1.29, 1.82) is 0 Å². The number of carbonyl (C=O) groups excluding carboxylic acids is 1. The molecule has 1 atom stereocenters. The lowest BCUT2D eigenvalue weighted by molar-refractivity contribution is -0.137. The molecule has 11 heteroatoms. The maximum atomic E-state index is 12.7. The van der Waals surface area contributed by atoms with Crippen molar-refractivity contribution in [2.24, 2.45) is 5.41 Å². The molecule has 1 saturated carbocycles. The van der Waals surface area contributed by atoms with Crippen molar-refractivity contribution in [1.82, 2.24) is 20.1 Å². The van der Waals surface area contributed by atoms with Crippen molar-refractivity contribution in [3.8, 4) is 11.6 Å². The summed E-state index contributed by atoms with van der Waals surface area (Å²) in [6.45, 7) is 3.18. The molecule has 0 aromatic carbocycles. The molecule has 3 heterocycles. The van der Waals surface area contributed by atoms with Crippen LogP contribution < -0.4 is 11.1 Å². The average molecular weight is 410 g/mol. The van der Waals surface area contributed by atoms with Gasteiger partial charge in [0.05, 0.1) is 11.3 Å². The van der Waals surface area contributed by atoms with E-state index in [1.54, 1.807) is 6.92 Å². The first-order valence-electron chi connectivity index (χ1n) is 9.39. The Morgan fingerprint density at radius 1 is 1.28 bits per heavy atom. The van der Waals surface area contributed by atoms with E-state index < -0.39 is 17.8 Å².